The van der Waals surface area contributed by atoms with E-state index in [0.29, 0.717) is 11.8 Å². The van der Waals surface area contributed by atoms with Gasteiger partial charge in [0.05, 0.1) is 81.3 Å². The molecule has 10 heteroatoms. The second kappa shape index (κ2) is 24.2. The van der Waals surface area contributed by atoms with Crippen molar-refractivity contribution in [3.8, 4) is 90.0 Å². The Bertz CT molecular complexity index is 8980. The quantitative estimate of drug-likeness (QED) is 0.144. The highest BCUT2D eigenvalue weighted by Crippen LogP contribution is 2.53. The van der Waals surface area contributed by atoms with Crippen LogP contribution >= 0.6 is 22.7 Å². The molecule has 0 bridgehead atoms. The van der Waals surface area contributed by atoms with Gasteiger partial charge in [-0.2, -0.15) is 0 Å². The van der Waals surface area contributed by atoms with Crippen molar-refractivity contribution >= 4 is 194 Å². The zero-order valence-corrected chi connectivity index (χ0v) is 64.7. The maximum absolute atomic E-state index is 5.84. The minimum Gasteiger partial charge on any atom is -0.308 e. The highest BCUT2D eigenvalue weighted by Gasteiger charge is 2.31. The molecule has 27 rings (SSSR count). The maximum atomic E-state index is 5.84. The first kappa shape index (κ1) is 64.2. The van der Waals surface area contributed by atoms with Gasteiger partial charge in [-0.3, -0.25) is 9.13 Å². The van der Waals surface area contributed by atoms with Crippen LogP contribution in [0.15, 0.2) is 364 Å². The molecule has 0 aliphatic carbocycles. The van der Waals surface area contributed by atoms with Crippen LogP contribution in [0.1, 0.15) is 0 Å². The molecule has 17 aromatic carbocycles. The smallest absolute Gasteiger partial charge is 0.235 e. The third-order valence-corrected chi connectivity index (χ3v) is 27.6. The van der Waals surface area contributed by atoms with Crippen LogP contribution in [0, 0.1) is 0 Å². The molecule has 10 aromatic heterocycles. The molecule has 0 aliphatic heterocycles. The zero-order chi connectivity index (χ0) is 76.7. The number of fused-ring (bicyclic) bond motifs is 27. The summed E-state index contributed by atoms with van der Waals surface area (Å²) in [7, 11) is 0. The number of rotatable bonds is 9. The molecule has 0 saturated carbocycles. The van der Waals surface area contributed by atoms with Gasteiger partial charge in [-0.15, -0.1) is 22.7 Å². The van der Waals surface area contributed by atoms with Crippen molar-refractivity contribution in [3.05, 3.63) is 364 Å². The fourth-order valence-corrected chi connectivity index (χ4v) is 22.2. The lowest BCUT2D eigenvalue weighted by Crippen LogP contribution is -2.02. The molecule has 544 valence electrons. The minimum atomic E-state index is 0.630. The molecule has 8 nitrogen and oxygen atoms in total. The SMILES string of the molecule is c1ccc(-c2ccc3c(c2)c2c4c5ccccc5n5c6cc(-c7ccccc7)ccc6c(cc2n3-c2nc(-c3ccc(-c6ccc(-c7ccc8c(c7)c7c9c%10ccccc%10n%10c%11cc(-c%12ccccc%12)ccc%11c(cc7n8-c7nc(-c8ccc%11ccccc%11c8)nc8c7sc7ccccc78)c9%10)cc6)cc3)c3sc6ccccc6c3n2)c45)cc1. The number of benzene rings is 17. The van der Waals surface area contributed by atoms with Crippen LogP contribution in [0.4, 0.5) is 0 Å². The summed E-state index contributed by atoms with van der Waals surface area (Å²) in [5, 5.41) is 19.0. The van der Waals surface area contributed by atoms with Gasteiger partial charge in [-0.25, -0.2) is 19.9 Å². The lowest BCUT2D eigenvalue weighted by atomic mass is 9.97. The Kier molecular flexibility index (Phi) is 13.2. The van der Waals surface area contributed by atoms with E-state index in [4.69, 9.17) is 19.9 Å². The van der Waals surface area contributed by atoms with Crippen LogP contribution in [-0.4, -0.2) is 37.9 Å². The predicted molar refractivity (Wildman–Crippen MR) is 497 cm³/mol. The number of hydrogen-bond acceptors (Lipinski definition) is 6. The van der Waals surface area contributed by atoms with Crippen molar-refractivity contribution in [2.45, 2.75) is 0 Å². The van der Waals surface area contributed by atoms with Crippen LogP contribution < -0.4 is 0 Å². The van der Waals surface area contributed by atoms with Crippen LogP contribution in [0.5, 0.6) is 0 Å². The molecule has 0 atom stereocenters. The fraction of sp³-hybridized carbons (Fsp3) is 0. The van der Waals surface area contributed by atoms with E-state index < -0.39 is 0 Å². The monoisotopic (exact) mass is 1530 g/mol. The van der Waals surface area contributed by atoms with Gasteiger partial charge in [-0.05, 0) is 145 Å². The summed E-state index contributed by atoms with van der Waals surface area (Å²) in [6.45, 7) is 0. The average Bonchev–Trinajstić information content (AvgIpc) is 1.51. The lowest BCUT2D eigenvalue weighted by molar-refractivity contribution is 1.02. The van der Waals surface area contributed by atoms with Crippen molar-refractivity contribution in [1.82, 2.24) is 37.9 Å². The van der Waals surface area contributed by atoms with E-state index >= 15 is 0 Å². The first-order valence-corrected chi connectivity index (χ1v) is 41.8. The second-order valence-corrected chi connectivity index (χ2v) is 33.6. The molecule has 27 aromatic rings. The summed E-state index contributed by atoms with van der Waals surface area (Å²) in [6, 6.07) is 134. The maximum Gasteiger partial charge on any atom is 0.235 e. The topological polar surface area (TPSA) is 70.2 Å². The van der Waals surface area contributed by atoms with Gasteiger partial charge >= 0.3 is 0 Å². The number of hydrogen-bond donors (Lipinski definition) is 0. The van der Waals surface area contributed by atoms with Crippen molar-refractivity contribution in [3.63, 3.8) is 0 Å². The van der Waals surface area contributed by atoms with Gasteiger partial charge in [0.1, 0.15) is 0 Å². The highest BCUT2D eigenvalue weighted by atomic mass is 32.1. The fourth-order valence-electron chi connectivity index (χ4n) is 19.9. The van der Waals surface area contributed by atoms with Crippen molar-refractivity contribution in [1.29, 1.82) is 0 Å². The molecule has 118 heavy (non-hydrogen) atoms. The first-order valence-electron chi connectivity index (χ1n) is 40.1. The largest absolute Gasteiger partial charge is 0.308 e. The summed E-state index contributed by atoms with van der Waals surface area (Å²) in [5.41, 5.74) is 27.8. The number of nitrogens with zero attached hydrogens (tertiary/aromatic N) is 8. The van der Waals surface area contributed by atoms with Crippen LogP contribution in [-0.2, 0) is 0 Å². The summed E-state index contributed by atoms with van der Waals surface area (Å²) in [6.07, 6.45) is 0. The van der Waals surface area contributed by atoms with Gasteiger partial charge in [0.25, 0.3) is 0 Å². The predicted octanol–water partition coefficient (Wildman–Crippen LogP) is 29.3. The number of para-hydroxylation sites is 2. The Labute approximate surface area is 680 Å². The number of aromatic nitrogens is 8. The standard InChI is InChI=1S/C108H60N8S2/c1-4-20-61(21-5-1)70-49-53-88-84(55-70)96-92(60-82-76-51-47-73(63-24-8-3-9-25-63)58-90(76)114-86-33-17-13-29-78(86)98(96)103(82)114)116(88)108-110-99(104-100(111-108)79-30-14-18-34-93(79)117-104)68-43-40-66(41-44-68)65-36-38-67(39-37-65)71-48-52-87-83(56-71)95-91(59-81-75-50-46-72(62-22-6-2-7-23-62)57-89(75)113-85-32-16-12-28-77(85)97(95)102(81)113)115(87)107-105-101(80-31-15-19-35-94(80)118-105)109-106(112-107)74-45-42-64-26-10-11-27-69(64)54-74/h1-60H. The lowest BCUT2D eigenvalue weighted by Gasteiger charge is -2.12. The first-order chi connectivity index (χ1) is 58.5. The molecule has 0 amide bonds. The highest BCUT2D eigenvalue weighted by molar-refractivity contribution is 7.26. The molecule has 0 spiro atoms. The number of thiophene rings is 2. The summed E-state index contributed by atoms with van der Waals surface area (Å²) in [4.78, 5) is 22.9. The Morgan fingerprint density at radius 1 is 0.212 bits per heavy atom. The van der Waals surface area contributed by atoms with E-state index in [1.165, 1.54) is 130 Å². The van der Waals surface area contributed by atoms with E-state index in [1.807, 2.05) is 0 Å². The van der Waals surface area contributed by atoms with Crippen LogP contribution in [0.25, 0.3) is 261 Å². The summed E-state index contributed by atoms with van der Waals surface area (Å²) < 4.78 is 14.3. The molecule has 0 aliphatic rings. The zero-order valence-electron chi connectivity index (χ0n) is 63.0. The van der Waals surface area contributed by atoms with Crippen molar-refractivity contribution in [2.24, 2.45) is 0 Å². The van der Waals surface area contributed by atoms with E-state index in [9.17, 15) is 0 Å². The average molecular weight is 1530 g/mol. The molecule has 10 heterocycles. The van der Waals surface area contributed by atoms with Crippen LogP contribution in [0.2, 0.25) is 0 Å². The summed E-state index contributed by atoms with van der Waals surface area (Å²) >= 11 is 3.54. The molecular formula is C108H60N8S2. The van der Waals surface area contributed by atoms with Gasteiger partial charge < -0.3 is 8.80 Å². The summed E-state index contributed by atoms with van der Waals surface area (Å²) in [5.74, 6) is 2.19. The van der Waals surface area contributed by atoms with Gasteiger partial charge in [0.15, 0.2) is 11.6 Å². The van der Waals surface area contributed by atoms with E-state index in [1.54, 1.807) is 22.7 Å². The molecule has 0 unspecified atom stereocenters. The third-order valence-electron chi connectivity index (χ3n) is 25.2. The molecule has 0 N–H and O–H groups in total. The third kappa shape index (κ3) is 9.06. The Balaban J connectivity index is 0.624. The van der Waals surface area contributed by atoms with Gasteiger partial charge in [0.2, 0.25) is 5.95 Å². The Morgan fingerprint density at radius 2 is 0.627 bits per heavy atom. The molecular weight excluding hydrogens is 1470 g/mol. The molecule has 0 saturated heterocycles. The van der Waals surface area contributed by atoms with Gasteiger partial charge in [0, 0.05) is 95.9 Å². The van der Waals surface area contributed by atoms with Gasteiger partial charge in [-0.1, -0.05) is 285 Å². The Morgan fingerprint density at radius 3 is 1.19 bits per heavy atom. The molecule has 0 fully saturated rings. The normalized spacial score (nSPS) is 12.4. The Hall–Kier alpha value is -15.2. The van der Waals surface area contributed by atoms with Crippen LogP contribution in [0.3, 0.4) is 0 Å². The minimum absolute atomic E-state index is 0.630. The van der Waals surface area contributed by atoms with E-state index in [-0.39, 0.29) is 0 Å². The van der Waals surface area contributed by atoms with E-state index in [2.05, 4.69) is 382 Å². The van der Waals surface area contributed by atoms with Crippen molar-refractivity contribution < 1.29 is 0 Å². The molecule has 0 radical (unpaired) electrons. The second-order valence-electron chi connectivity index (χ2n) is 31.5. The van der Waals surface area contributed by atoms with E-state index in [0.717, 1.165) is 120 Å². The van der Waals surface area contributed by atoms with Crippen molar-refractivity contribution in [2.75, 3.05) is 0 Å².